The minimum atomic E-state index is -0.999. The summed E-state index contributed by atoms with van der Waals surface area (Å²) >= 11 is 1.34. The van der Waals surface area contributed by atoms with Gasteiger partial charge in [-0.05, 0) is 19.1 Å². The maximum Gasteiger partial charge on any atom is 0.252 e. The van der Waals surface area contributed by atoms with Crippen molar-refractivity contribution in [1.82, 2.24) is 9.88 Å². The van der Waals surface area contributed by atoms with Gasteiger partial charge in [0.15, 0.2) is 5.13 Å². The minimum Gasteiger partial charge on any atom is -0.317 e. The van der Waals surface area contributed by atoms with Gasteiger partial charge in [-0.1, -0.05) is 6.08 Å². The topological polar surface area (TPSA) is 74.7 Å². The van der Waals surface area contributed by atoms with Gasteiger partial charge in [-0.15, -0.1) is 11.3 Å². The van der Waals surface area contributed by atoms with Crippen molar-refractivity contribution in [1.29, 1.82) is 0 Å². The monoisotopic (exact) mass is 288 g/mol. The number of carbonyl (C=O) groups is 2. The second-order valence-corrected chi connectivity index (χ2v) is 5.57. The number of carbonyl (C=O) groups excluding carboxylic acids is 2. The van der Waals surface area contributed by atoms with Crippen molar-refractivity contribution >= 4 is 34.1 Å². The van der Waals surface area contributed by atoms with Crippen LogP contribution >= 0.6 is 11.3 Å². The van der Waals surface area contributed by atoms with Crippen LogP contribution in [0.3, 0.4) is 0 Å². The summed E-state index contributed by atoms with van der Waals surface area (Å²) in [6.07, 6.45) is 8.71. The van der Waals surface area contributed by atoms with Crippen LogP contribution in [0.15, 0.2) is 41.0 Å². The molecule has 1 aromatic heterocycles. The van der Waals surface area contributed by atoms with E-state index < -0.39 is 5.54 Å². The van der Waals surface area contributed by atoms with Gasteiger partial charge < -0.3 is 4.90 Å². The third-order valence-corrected chi connectivity index (χ3v) is 3.94. The maximum absolute atomic E-state index is 12.5. The summed E-state index contributed by atoms with van der Waals surface area (Å²) in [7, 11) is 0. The summed E-state index contributed by atoms with van der Waals surface area (Å²) in [6.45, 7) is 1.73. The molecule has 0 radical (unpaired) electrons. The molecule has 3 rings (SSSR count). The fourth-order valence-electron chi connectivity index (χ4n) is 2.20. The van der Waals surface area contributed by atoms with E-state index in [9.17, 15) is 9.59 Å². The summed E-state index contributed by atoms with van der Waals surface area (Å²) in [5.41, 5.74) is -0.999. The molecule has 0 saturated carbocycles. The molecule has 20 heavy (non-hydrogen) atoms. The highest BCUT2D eigenvalue weighted by Crippen LogP contribution is 2.29. The third-order valence-electron chi connectivity index (χ3n) is 3.25. The zero-order chi connectivity index (χ0) is 14.2. The van der Waals surface area contributed by atoms with Crippen molar-refractivity contribution in [2.75, 3.05) is 5.32 Å². The number of allylic oxidation sites excluding steroid dienone is 2. The number of aliphatic imine (C=N–C) groups is 1. The number of nitrogens with zero attached hydrogens (tertiary/aromatic N) is 3. The molecule has 0 aliphatic carbocycles. The van der Waals surface area contributed by atoms with Crippen molar-refractivity contribution in [2.45, 2.75) is 18.9 Å². The van der Waals surface area contributed by atoms with Gasteiger partial charge in [-0.25, -0.2) is 4.98 Å². The van der Waals surface area contributed by atoms with Crippen LogP contribution in [-0.4, -0.2) is 33.1 Å². The Hall–Kier alpha value is -2.28. The zero-order valence-corrected chi connectivity index (χ0v) is 11.6. The smallest absolute Gasteiger partial charge is 0.252 e. The summed E-state index contributed by atoms with van der Waals surface area (Å²) in [5, 5.41) is 5.04. The predicted molar refractivity (Wildman–Crippen MR) is 76.3 cm³/mol. The predicted octanol–water partition coefficient (Wildman–Crippen LogP) is 1.55. The molecule has 2 aliphatic rings. The third kappa shape index (κ3) is 2.05. The molecule has 0 aromatic carbocycles. The van der Waals surface area contributed by atoms with E-state index in [2.05, 4.69) is 15.3 Å². The quantitative estimate of drug-likeness (QED) is 0.896. The first kappa shape index (κ1) is 12.7. The first-order valence-corrected chi connectivity index (χ1v) is 6.94. The lowest BCUT2D eigenvalue weighted by Crippen LogP contribution is -2.58. The fourth-order valence-corrected chi connectivity index (χ4v) is 2.72. The van der Waals surface area contributed by atoms with E-state index in [1.165, 1.54) is 11.3 Å². The molecule has 2 amide bonds. The van der Waals surface area contributed by atoms with Crippen molar-refractivity contribution in [3.05, 3.63) is 36.0 Å². The molecule has 3 heterocycles. The number of nitrogens with one attached hydrogen (secondary N) is 1. The Labute approximate surface area is 119 Å². The minimum absolute atomic E-state index is 0.0336. The molecule has 0 bridgehead atoms. The van der Waals surface area contributed by atoms with Crippen LogP contribution in [0.25, 0.3) is 0 Å². The molecule has 0 saturated heterocycles. The van der Waals surface area contributed by atoms with Crippen LogP contribution in [0.5, 0.6) is 0 Å². The number of aromatic nitrogens is 1. The molecule has 0 fully saturated rings. The molecule has 7 heteroatoms. The van der Waals surface area contributed by atoms with Gasteiger partial charge in [0, 0.05) is 17.8 Å². The van der Waals surface area contributed by atoms with Crippen molar-refractivity contribution in [3.63, 3.8) is 0 Å². The lowest BCUT2D eigenvalue weighted by Gasteiger charge is -2.41. The molecule has 1 atom stereocenters. The van der Waals surface area contributed by atoms with E-state index in [1.54, 1.807) is 41.8 Å². The molecule has 0 spiro atoms. The summed E-state index contributed by atoms with van der Waals surface area (Å²) in [4.78, 5) is 34.0. The van der Waals surface area contributed by atoms with Crippen LogP contribution in [-0.2, 0) is 9.59 Å². The molecule has 6 nitrogen and oxygen atoms in total. The largest absolute Gasteiger partial charge is 0.317 e. The average molecular weight is 288 g/mol. The van der Waals surface area contributed by atoms with E-state index in [4.69, 9.17) is 0 Å². The van der Waals surface area contributed by atoms with Gasteiger partial charge in [0.05, 0.1) is 6.42 Å². The summed E-state index contributed by atoms with van der Waals surface area (Å²) in [5.74, 6) is -0.0818. The number of rotatable bonds is 2. The standard InChI is InChI=1S/C13H12N4O2S/c1-13(11(19)16-12-14-5-7-20-12)8-10(18)15-9-4-2-3-6-17(9)13/h2-7H,8H2,1H3,(H,14,16,19). The Balaban J connectivity index is 1.92. The number of hydrogen-bond acceptors (Lipinski definition) is 5. The number of thiazole rings is 1. The lowest BCUT2D eigenvalue weighted by atomic mass is 9.91. The zero-order valence-electron chi connectivity index (χ0n) is 10.7. The number of amidine groups is 1. The Kier molecular flexibility index (Phi) is 2.98. The Morgan fingerprint density at radius 1 is 1.50 bits per heavy atom. The SMILES string of the molecule is CC1(C(=O)Nc2nccs2)CC(=O)N=C2C=CC=CN21. The normalized spacial score (nSPS) is 24.4. The molecule has 1 unspecified atom stereocenters. The van der Waals surface area contributed by atoms with E-state index in [1.807, 2.05) is 6.08 Å². The fraction of sp³-hybridized carbons (Fsp3) is 0.231. The molecule has 1 aromatic rings. The number of amides is 2. The van der Waals surface area contributed by atoms with Crippen LogP contribution in [0.2, 0.25) is 0 Å². The van der Waals surface area contributed by atoms with Crippen molar-refractivity contribution in [2.24, 2.45) is 4.99 Å². The van der Waals surface area contributed by atoms with Crippen LogP contribution in [0.4, 0.5) is 5.13 Å². The van der Waals surface area contributed by atoms with E-state index in [0.29, 0.717) is 11.0 Å². The van der Waals surface area contributed by atoms with E-state index in [0.717, 1.165) is 0 Å². The molecule has 102 valence electrons. The van der Waals surface area contributed by atoms with Gasteiger partial charge in [-0.3, -0.25) is 14.9 Å². The van der Waals surface area contributed by atoms with Crippen molar-refractivity contribution < 1.29 is 9.59 Å². The highest BCUT2D eigenvalue weighted by Gasteiger charge is 2.45. The van der Waals surface area contributed by atoms with Crippen LogP contribution < -0.4 is 5.32 Å². The van der Waals surface area contributed by atoms with Gasteiger partial charge in [0.1, 0.15) is 11.4 Å². The number of fused-ring (bicyclic) bond motifs is 1. The van der Waals surface area contributed by atoms with E-state index in [-0.39, 0.29) is 18.2 Å². The van der Waals surface area contributed by atoms with Gasteiger partial charge >= 0.3 is 0 Å². The average Bonchev–Trinajstić information content (AvgIpc) is 2.91. The number of anilines is 1. The highest BCUT2D eigenvalue weighted by atomic mass is 32.1. The lowest BCUT2D eigenvalue weighted by molar-refractivity contribution is -0.130. The molecular weight excluding hydrogens is 276 g/mol. The maximum atomic E-state index is 12.5. The van der Waals surface area contributed by atoms with E-state index >= 15 is 0 Å². The van der Waals surface area contributed by atoms with Gasteiger partial charge in [0.2, 0.25) is 0 Å². The summed E-state index contributed by atoms with van der Waals surface area (Å²) in [6, 6.07) is 0. The Morgan fingerprint density at radius 2 is 2.35 bits per heavy atom. The van der Waals surface area contributed by atoms with Gasteiger partial charge in [-0.2, -0.15) is 4.99 Å². The highest BCUT2D eigenvalue weighted by molar-refractivity contribution is 7.13. The molecule has 2 aliphatic heterocycles. The molecule has 1 N–H and O–H groups in total. The first-order chi connectivity index (χ1) is 9.59. The van der Waals surface area contributed by atoms with Gasteiger partial charge in [0.25, 0.3) is 11.8 Å². The van der Waals surface area contributed by atoms with Crippen LogP contribution in [0, 0.1) is 0 Å². The second-order valence-electron chi connectivity index (χ2n) is 4.68. The Bertz CT molecular complexity index is 647. The summed E-state index contributed by atoms with van der Waals surface area (Å²) < 4.78 is 0. The Morgan fingerprint density at radius 3 is 3.10 bits per heavy atom. The number of hydrogen-bond donors (Lipinski definition) is 1. The van der Waals surface area contributed by atoms with Crippen LogP contribution in [0.1, 0.15) is 13.3 Å². The first-order valence-electron chi connectivity index (χ1n) is 6.06. The molecular formula is C13H12N4O2S. The van der Waals surface area contributed by atoms with Crippen molar-refractivity contribution in [3.8, 4) is 0 Å². The second kappa shape index (κ2) is 4.68.